The summed E-state index contributed by atoms with van der Waals surface area (Å²) < 4.78 is 0. The molecule has 0 aliphatic carbocycles. The molecule has 3 rings (SSSR count). The van der Waals surface area contributed by atoms with Gasteiger partial charge in [-0.25, -0.2) is 4.99 Å². The van der Waals surface area contributed by atoms with Gasteiger partial charge in [-0.05, 0) is 11.6 Å². The number of aromatic amines is 1. The smallest absolute Gasteiger partial charge is 0.175 e. The Bertz CT molecular complexity index is 787. The number of hydrogen-bond acceptors (Lipinski definition) is 4. The molecule has 2 aromatic rings. The van der Waals surface area contributed by atoms with Crippen molar-refractivity contribution in [3.8, 4) is 6.07 Å². The van der Waals surface area contributed by atoms with Gasteiger partial charge in [0.1, 0.15) is 11.6 Å². The van der Waals surface area contributed by atoms with E-state index in [2.05, 4.69) is 21.3 Å². The van der Waals surface area contributed by atoms with Gasteiger partial charge in [0.15, 0.2) is 11.6 Å². The van der Waals surface area contributed by atoms with E-state index in [-0.39, 0.29) is 17.4 Å². The molecule has 2 unspecified atom stereocenters. The summed E-state index contributed by atoms with van der Waals surface area (Å²) in [5.41, 5.74) is 1.81. The topological polar surface area (TPSA) is 81.9 Å². The second-order valence-electron chi connectivity index (χ2n) is 4.83. The van der Waals surface area contributed by atoms with Gasteiger partial charge in [0.2, 0.25) is 0 Å². The highest BCUT2D eigenvalue weighted by Crippen LogP contribution is 2.43. The largest absolute Gasteiger partial charge is 0.293 e. The fraction of sp³-hybridized carbons (Fsp3) is 0.200. The number of benzene rings is 1. The number of hydrogen-bond donors (Lipinski definition) is 1. The maximum absolute atomic E-state index is 11.8. The number of nitrogens with one attached hydrogen (secondary N) is 1. The van der Waals surface area contributed by atoms with Crippen molar-refractivity contribution in [2.45, 2.75) is 12.8 Å². The molecule has 1 N–H and O–H groups in total. The number of H-pyrrole nitrogens is 1. The SMILES string of the molecule is CC(=O)C1=Nc2[nH]ncc2C(c2ccccc2Cl)C1C#N. The third kappa shape index (κ3) is 2.14. The average Bonchev–Trinajstić information content (AvgIpc) is 2.94. The molecule has 1 aliphatic rings. The van der Waals surface area contributed by atoms with Gasteiger partial charge in [0.25, 0.3) is 0 Å². The van der Waals surface area contributed by atoms with Crippen molar-refractivity contribution in [2.75, 3.05) is 0 Å². The molecule has 0 saturated carbocycles. The Balaban J connectivity index is 2.24. The first-order chi connectivity index (χ1) is 10.1. The van der Waals surface area contributed by atoms with Crippen molar-refractivity contribution >= 4 is 28.9 Å². The molecule has 0 bridgehead atoms. The molecule has 0 radical (unpaired) electrons. The van der Waals surface area contributed by atoms with Crippen molar-refractivity contribution in [3.63, 3.8) is 0 Å². The summed E-state index contributed by atoms with van der Waals surface area (Å²) in [4.78, 5) is 16.1. The summed E-state index contributed by atoms with van der Waals surface area (Å²) in [7, 11) is 0. The van der Waals surface area contributed by atoms with Gasteiger partial charge in [0.05, 0.1) is 12.3 Å². The fourth-order valence-corrected chi connectivity index (χ4v) is 2.89. The number of carbonyl (C=O) groups is 1. The van der Waals surface area contributed by atoms with Crippen LogP contribution >= 0.6 is 11.6 Å². The molecule has 6 heteroatoms. The van der Waals surface area contributed by atoms with E-state index in [0.29, 0.717) is 10.8 Å². The van der Waals surface area contributed by atoms with Crippen molar-refractivity contribution in [1.82, 2.24) is 10.2 Å². The number of nitrogens with zero attached hydrogens (tertiary/aromatic N) is 3. The molecular weight excluding hydrogens is 288 g/mol. The predicted molar refractivity (Wildman–Crippen MR) is 78.8 cm³/mol. The quantitative estimate of drug-likeness (QED) is 0.925. The molecule has 104 valence electrons. The first-order valence-corrected chi connectivity index (χ1v) is 6.78. The molecule has 2 heterocycles. The fourth-order valence-electron chi connectivity index (χ4n) is 2.64. The number of aliphatic imine (C=N–C) groups is 1. The van der Waals surface area contributed by atoms with Gasteiger partial charge in [-0.15, -0.1) is 0 Å². The molecule has 1 aliphatic heterocycles. The first kappa shape index (κ1) is 13.5. The Hall–Kier alpha value is -2.45. The zero-order valence-electron chi connectivity index (χ0n) is 11.2. The average molecular weight is 299 g/mol. The van der Waals surface area contributed by atoms with E-state index in [1.54, 1.807) is 12.3 Å². The van der Waals surface area contributed by atoms with Gasteiger partial charge in [0, 0.05) is 23.4 Å². The van der Waals surface area contributed by atoms with Crippen molar-refractivity contribution < 1.29 is 4.79 Å². The highest BCUT2D eigenvalue weighted by Gasteiger charge is 2.38. The van der Waals surface area contributed by atoms with E-state index < -0.39 is 5.92 Å². The van der Waals surface area contributed by atoms with Gasteiger partial charge >= 0.3 is 0 Å². The lowest BCUT2D eigenvalue weighted by molar-refractivity contribution is -0.111. The summed E-state index contributed by atoms with van der Waals surface area (Å²) in [6.45, 7) is 1.41. The van der Waals surface area contributed by atoms with Crippen LogP contribution in [0.25, 0.3) is 0 Å². The number of carbonyl (C=O) groups excluding carboxylic acids is 1. The van der Waals surface area contributed by atoms with Crippen molar-refractivity contribution in [1.29, 1.82) is 5.26 Å². The number of ketones is 1. The Morgan fingerprint density at radius 2 is 2.14 bits per heavy atom. The van der Waals surface area contributed by atoms with Crippen LogP contribution in [0, 0.1) is 17.2 Å². The van der Waals surface area contributed by atoms with Gasteiger partial charge < -0.3 is 0 Å². The van der Waals surface area contributed by atoms with E-state index in [9.17, 15) is 10.1 Å². The second kappa shape index (κ2) is 5.15. The van der Waals surface area contributed by atoms with Crippen LogP contribution in [0.4, 0.5) is 5.82 Å². The third-order valence-corrected chi connectivity index (χ3v) is 3.93. The normalized spacial score (nSPS) is 20.3. The second-order valence-corrected chi connectivity index (χ2v) is 5.24. The minimum absolute atomic E-state index is 0.223. The van der Waals surface area contributed by atoms with Crippen LogP contribution < -0.4 is 0 Å². The molecule has 0 saturated heterocycles. The predicted octanol–water partition coefficient (Wildman–Crippen LogP) is 3.01. The molecule has 1 aromatic carbocycles. The summed E-state index contributed by atoms with van der Waals surface area (Å²) in [5.74, 6) is -0.739. The maximum Gasteiger partial charge on any atom is 0.175 e. The summed E-state index contributed by atoms with van der Waals surface area (Å²) in [5, 5.41) is 16.8. The monoisotopic (exact) mass is 298 g/mol. The molecule has 0 spiro atoms. The maximum atomic E-state index is 11.8. The molecule has 2 atom stereocenters. The molecule has 1 aromatic heterocycles. The number of rotatable bonds is 2. The van der Waals surface area contributed by atoms with Gasteiger partial charge in [-0.1, -0.05) is 29.8 Å². The molecular formula is C15H11ClN4O. The minimum Gasteiger partial charge on any atom is -0.293 e. The zero-order valence-corrected chi connectivity index (χ0v) is 11.9. The molecule has 5 nitrogen and oxygen atoms in total. The minimum atomic E-state index is -0.674. The summed E-state index contributed by atoms with van der Waals surface area (Å²) in [6.07, 6.45) is 1.63. The number of halogens is 1. The number of fused-ring (bicyclic) bond motifs is 1. The number of nitriles is 1. The van der Waals surface area contributed by atoms with Crippen LogP contribution in [-0.4, -0.2) is 21.7 Å². The van der Waals surface area contributed by atoms with Crippen molar-refractivity contribution in [2.24, 2.45) is 10.9 Å². The zero-order chi connectivity index (χ0) is 15.0. The standard InChI is InChI=1S/C15H11ClN4O/c1-8(21)14-10(6-17)13(9-4-2-3-5-12(9)16)11-7-18-20-15(11)19-14/h2-5,7,10,13H,1H3,(H,18,20). The van der Waals surface area contributed by atoms with E-state index >= 15 is 0 Å². The van der Waals surface area contributed by atoms with E-state index in [0.717, 1.165) is 11.1 Å². The van der Waals surface area contributed by atoms with Crippen LogP contribution in [-0.2, 0) is 4.79 Å². The van der Waals surface area contributed by atoms with Crippen LogP contribution in [0.1, 0.15) is 24.0 Å². The molecule has 21 heavy (non-hydrogen) atoms. The Morgan fingerprint density at radius 1 is 1.38 bits per heavy atom. The lowest BCUT2D eigenvalue weighted by Gasteiger charge is -2.26. The molecule has 0 amide bonds. The summed E-state index contributed by atoms with van der Waals surface area (Å²) >= 11 is 6.28. The summed E-state index contributed by atoms with van der Waals surface area (Å²) in [6, 6.07) is 9.50. The highest BCUT2D eigenvalue weighted by molar-refractivity contribution is 6.41. The Kier molecular flexibility index (Phi) is 3.32. The Labute approximate surface area is 126 Å². The van der Waals surface area contributed by atoms with Crippen LogP contribution in [0.5, 0.6) is 0 Å². The highest BCUT2D eigenvalue weighted by atomic mass is 35.5. The third-order valence-electron chi connectivity index (χ3n) is 3.58. The number of aromatic nitrogens is 2. The van der Waals surface area contributed by atoms with Crippen LogP contribution in [0.2, 0.25) is 5.02 Å². The van der Waals surface area contributed by atoms with Gasteiger partial charge in [-0.2, -0.15) is 10.4 Å². The lowest BCUT2D eigenvalue weighted by Crippen LogP contribution is -2.29. The van der Waals surface area contributed by atoms with Gasteiger partial charge in [-0.3, -0.25) is 9.89 Å². The Morgan fingerprint density at radius 3 is 2.81 bits per heavy atom. The lowest BCUT2D eigenvalue weighted by atomic mass is 9.77. The molecule has 0 fully saturated rings. The van der Waals surface area contributed by atoms with E-state index in [4.69, 9.17) is 11.6 Å². The number of Topliss-reactive ketones (excluding diaryl/α,β-unsaturated/α-hetero) is 1. The first-order valence-electron chi connectivity index (χ1n) is 6.40. The van der Waals surface area contributed by atoms with E-state index in [1.165, 1.54) is 6.92 Å². The van der Waals surface area contributed by atoms with Crippen molar-refractivity contribution in [3.05, 3.63) is 46.6 Å². The van der Waals surface area contributed by atoms with Crippen LogP contribution in [0.3, 0.4) is 0 Å². The van der Waals surface area contributed by atoms with Crippen LogP contribution in [0.15, 0.2) is 35.5 Å². The van der Waals surface area contributed by atoms with E-state index in [1.807, 2.05) is 18.2 Å².